The van der Waals surface area contributed by atoms with Gasteiger partial charge < -0.3 is 19.5 Å². The number of rotatable bonds is 9. The molecular formula is C21H18IN3O7. The molecule has 0 spiro atoms. The van der Waals surface area contributed by atoms with E-state index >= 15 is 0 Å². The Morgan fingerprint density at radius 3 is 2.66 bits per heavy atom. The molecule has 0 aliphatic heterocycles. The number of carbonyl (C=O) groups is 2. The standard InChI is InChI=1S/C21H18IN3O7/c1-3-31-18-9-13(8-17(22)20(18)32-12-19(26)30-2)7-14(11-23)21(27)24-15-5-4-6-16(10-15)25(28)29/h4-10H,3,12H2,1-2H3,(H,24,27)/b14-7+. The molecule has 0 bridgehead atoms. The molecule has 11 heteroatoms. The molecule has 166 valence electrons. The number of methoxy groups -OCH3 is 1. The number of anilines is 1. The van der Waals surface area contributed by atoms with Crippen molar-refractivity contribution in [2.24, 2.45) is 0 Å². The number of halogens is 1. The maximum atomic E-state index is 12.5. The topological polar surface area (TPSA) is 141 Å². The first-order valence-electron chi connectivity index (χ1n) is 9.12. The van der Waals surface area contributed by atoms with Crippen LogP contribution in [0.3, 0.4) is 0 Å². The van der Waals surface area contributed by atoms with Crippen LogP contribution in [0, 0.1) is 25.0 Å². The van der Waals surface area contributed by atoms with Gasteiger partial charge in [0.15, 0.2) is 18.1 Å². The molecule has 0 aromatic heterocycles. The highest BCUT2D eigenvalue weighted by Crippen LogP contribution is 2.35. The lowest BCUT2D eigenvalue weighted by Crippen LogP contribution is -2.14. The summed E-state index contributed by atoms with van der Waals surface area (Å²) < 4.78 is 16.2. The van der Waals surface area contributed by atoms with E-state index in [1.54, 1.807) is 19.1 Å². The average molecular weight is 551 g/mol. The number of hydrogen-bond donors (Lipinski definition) is 1. The third kappa shape index (κ3) is 6.67. The van der Waals surface area contributed by atoms with Crippen molar-refractivity contribution in [3.63, 3.8) is 0 Å². The van der Waals surface area contributed by atoms with E-state index in [9.17, 15) is 25.0 Å². The predicted octanol–water partition coefficient (Wildman–Crippen LogP) is 3.70. The van der Waals surface area contributed by atoms with E-state index in [4.69, 9.17) is 9.47 Å². The number of nitro benzene ring substituents is 1. The normalized spacial score (nSPS) is 10.6. The van der Waals surface area contributed by atoms with Gasteiger partial charge in [0.2, 0.25) is 0 Å². The molecule has 1 N–H and O–H groups in total. The van der Waals surface area contributed by atoms with E-state index in [1.807, 2.05) is 28.7 Å². The molecule has 0 unspecified atom stereocenters. The fourth-order valence-corrected chi connectivity index (χ4v) is 3.26. The summed E-state index contributed by atoms with van der Waals surface area (Å²) in [6, 6.07) is 10.4. The number of nitrogens with one attached hydrogen (secondary N) is 1. The van der Waals surface area contributed by atoms with Gasteiger partial charge in [0, 0.05) is 17.8 Å². The van der Waals surface area contributed by atoms with Gasteiger partial charge >= 0.3 is 5.97 Å². The van der Waals surface area contributed by atoms with Crippen molar-refractivity contribution in [3.8, 4) is 17.6 Å². The number of non-ortho nitro benzene ring substituents is 1. The van der Waals surface area contributed by atoms with E-state index in [2.05, 4.69) is 10.1 Å². The number of nitrogens with zero attached hydrogens (tertiary/aromatic N) is 2. The van der Waals surface area contributed by atoms with Gasteiger partial charge in [-0.05, 0) is 59.4 Å². The average Bonchev–Trinajstić information content (AvgIpc) is 2.76. The van der Waals surface area contributed by atoms with Crippen LogP contribution in [-0.2, 0) is 14.3 Å². The van der Waals surface area contributed by atoms with Gasteiger partial charge in [-0.3, -0.25) is 14.9 Å². The van der Waals surface area contributed by atoms with Crippen LogP contribution in [0.25, 0.3) is 6.08 Å². The Bertz CT molecular complexity index is 1110. The largest absolute Gasteiger partial charge is 0.490 e. The zero-order valence-corrected chi connectivity index (χ0v) is 19.2. The smallest absolute Gasteiger partial charge is 0.343 e. The van der Waals surface area contributed by atoms with Crippen LogP contribution in [0.1, 0.15) is 12.5 Å². The Morgan fingerprint density at radius 1 is 1.28 bits per heavy atom. The van der Waals surface area contributed by atoms with Gasteiger partial charge in [0.25, 0.3) is 11.6 Å². The van der Waals surface area contributed by atoms with Gasteiger partial charge in [-0.25, -0.2) is 4.79 Å². The van der Waals surface area contributed by atoms with Crippen molar-refractivity contribution in [1.29, 1.82) is 5.26 Å². The number of esters is 1. The number of benzene rings is 2. The van der Waals surface area contributed by atoms with Crippen molar-refractivity contribution in [2.75, 3.05) is 25.6 Å². The molecule has 0 fully saturated rings. The quantitative estimate of drug-likeness (QED) is 0.124. The van der Waals surface area contributed by atoms with Crippen LogP contribution in [0.2, 0.25) is 0 Å². The molecular weight excluding hydrogens is 533 g/mol. The third-order valence-corrected chi connectivity index (χ3v) is 4.69. The summed E-state index contributed by atoms with van der Waals surface area (Å²) in [5.41, 5.74) is 0.247. The van der Waals surface area contributed by atoms with Gasteiger partial charge in [-0.2, -0.15) is 5.26 Å². The van der Waals surface area contributed by atoms with Crippen LogP contribution >= 0.6 is 22.6 Å². The second kappa shape index (κ2) is 11.7. The zero-order chi connectivity index (χ0) is 23.7. The Balaban J connectivity index is 2.32. The molecule has 2 aromatic rings. The summed E-state index contributed by atoms with van der Waals surface area (Å²) in [7, 11) is 1.25. The summed E-state index contributed by atoms with van der Waals surface area (Å²) in [4.78, 5) is 34.2. The minimum atomic E-state index is -0.730. The second-order valence-corrected chi connectivity index (χ2v) is 7.22. The lowest BCUT2D eigenvalue weighted by Gasteiger charge is -2.14. The first kappa shape index (κ1) is 24.6. The summed E-state index contributed by atoms with van der Waals surface area (Å²) in [6.07, 6.45) is 1.35. The Kier molecular flexibility index (Phi) is 8.96. The van der Waals surface area contributed by atoms with Gasteiger partial charge in [-0.15, -0.1) is 0 Å². The SMILES string of the molecule is CCOc1cc(/C=C(\C#N)C(=O)Nc2cccc([N+](=O)[O-])c2)cc(I)c1OCC(=O)OC. The molecule has 0 aliphatic rings. The van der Waals surface area contributed by atoms with Gasteiger partial charge in [0.05, 0.1) is 22.2 Å². The van der Waals surface area contributed by atoms with Crippen LogP contribution < -0.4 is 14.8 Å². The number of hydrogen-bond acceptors (Lipinski definition) is 8. The molecule has 0 heterocycles. The molecule has 1 amide bonds. The first-order chi connectivity index (χ1) is 15.3. The maximum Gasteiger partial charge on any atom is 0.343 e. The predicted molar refractivity (Wildman–Crippen MR) is 123 cm³/mol. The highest BCUT2D eigenvalue weighted by molar-refractivity contribution is 14.1. The van der Waals surface area contributed by atoms with Crippen LogP contribution in [0.5, 0.6) is 11.5 Å². The van der Waals surface area contributed by atoms with Crippen molar-refractivity contribution >= 4 is 51.9 Å². The molecule has 0 radical (unpaired) electrons. The lowest BCUT2D eigenvalue weighted by molar-refractivity contribution is -0.384. The van der Waals surface area contributed by atoms with Crippen molar-refractivity contribution in [2.45, 2.75) is 6.92 Å². The molecule has 0 saturated heterocycles. The fourth-order valence-electron chi connectivity index (χ4n) is 2.48. The molecule has 0 saturated carbocycles. The first-order valence-corrected chi connectivity index (χ1v) is 10.2. The highest BCUT2D eigenvalue weighted by Gasteiger charge is 2.16. The Labute approximate surface area is 197 Å². The Morgan fingerprint density at radius 2 is 2.03 bits per heavy atom. The summed E-state index contributed by atoms with van der Waals surface area (Å²) >= 11 is 1.98. The van der Waals surface area contributed by atoms with E-state index in [-0.39, 0.29) is 23.6 Å². The number of nitriles is 1. The maximum absolute atomic E-state index is 12.5. The van der Waals surface area contributed by atoms with Gasteiger partial charge in [-0.1, -0.05) is 6.07 Å². The molecule has 10 nitrogen and oxygen atoms in total. The van der Waals surface area contributed by atoms with Gasteiger partial charge in [0.1, 0.15) is 11.6 Å². The van der Waals surface area contributed by atoms with E-state index in [0.717, 1.165) is 0 Å². The van der Waals surface area contributed by atoms with Crippen LogP contribution in [0.4, 0.5) is 11.4 Å². The minimum Gasteiger partial charge on any atom is -0.490 e. The number of nitro groups is 1. The second-order valence-electron chi connectivity index (χ2n) is 6.06. The van der Waals surface area contributed by atoms with E-state index in [1.165, 1.54) is 37.5 Å². The summed E-state index contributed by atoms with van der Waals surface area (Å²) in [5.74, 6) is -0.635. The summed E-state index contributed by atoms with van der Waals surface area (Å²) in [6.45, 7) is 1.78. The van der Waals surface area contributed by atoms with Crippen molar-refractivity contribution < 1.29 is 28.7 Å². The molecule has 0 aliphatic carbocycles. The Hall–Kier alpha value is -3.66. The monoisotopic (exact) mass is 551 g/mol. The summed E-state index contributed by atoms with van der Waals surface area (Å²) in [5, 5.41) is 22.8. The highest BCUT2D eigenvalue weighted by atomic mass is 127. The zero-order valence-electron chi connectivity index (χ0n) is 17.1. The minimum absolute atomic E-state index is 0.182. The molecule has 2 aromatic carbocycles. The number of amides is 1. The van der Waals surface area contributed by atoms with Crippen molar-refractivity contribution in [3.05, 3.63) is 61.2 Å². The third-order valence-electron chi connectivity index (χ3n) is 3.88. The fraction of sp³-hybridized carbons (Fsp3) is 0.190. The molecule has 0 atom stereocenters. The van der Waals surface area contributed by atoms with Crippen LogP contribution in [0.15, 0.2) is 42.0 Å². The molecule has 2 rings (SSSR count). The van der Waals surface area contributed by atoms with E-state index in [0.29, 0.717) is 27.2 Å². The van der Waals surface area contributed by atoms with E-state index < -0.39 is 16.8 Å². The number of ether oxygens (including phenoxy) is 3. The lowest BCUT2D eigenvalue weighted by atomic mass is 10.1. The van der Waals surface area contributed by atoms with Crippen molar-refractivity contribution in [1.82, 2.24) is 0 Å². The number of carbonyl (C=O) groups excluding carboxylic acids is 2. The molecule has 32 heavy (non-hydrogen) atoms. The van der Waals surface area contributed by atoms with Crippen LogP contribution in [-0.4, -0.2) is 37.1 Å².